The van der Waals surface area contributed by atoms with Gasteiger partial charge in [0.05, 0.1) is 12.1 Å². The molecule has 7 nitrogen and oxygen atoms in total. The van der Waals surface area contributed by atoms with E-state index >= 15 is 0 Å². The molecule has 0 N–H and O–H groups in total. The maximum Gasteiger partial charge on any atom is 0.253 e. The quantitative estimate of drug-likeness (QED) is 0.779. The van der Waals surface area contributed by atoms with E-state index in [1.807, 2.05) is 57.1 Å². The van der Waals surface area contributed by atoms with E-state index in [9.17, 15) is 9.59 Å². The minimum absolute atomic E-state index is 0.00220. The average Bonchev–Trinajstić information content (AvgIpc) is 3.18. The minimum Gasteiger partial charge on any atom is -0.363 e. The van der Waals surface area contributed by atoms with Crippen LogP contribution in [0.3, 0.4) is 0 Å². The Kier molecular flexibility index (Phi) is 5.94. The summed E-state index contributed by atoms with van der Waals surface area (Å²) in [6.45, 7) is 2.85. The SMILES string of the molecule is O=C(CCCn1cccn1)N1CCCC2(CC1)CN(c1ccccc1)C(=O)CO2. The minimum atomic E-state index is -0.367. The van der Waals surface area contributed by atoms with Crippen molar-refractivity contribution in [2.24, 2.45) is 0 Å². The topological polar surface area (TPSA) is 67.7 Å². The molecular weight excluding hydrogens is 368 g/mol. The van der Waals surface area contributed by atoms with Crippen molar-refractivity contribution in [1.29, 1.82) is 0 Å². The number of carbonyl (C=O) groups excluding carboxylic acids is 2. The molecular formula is C22H28N4O3. The second-order valence-electron chi connectivity index (χ2n) is 7.89. The van der Waals surface area contributed by atoms with Gasteiger partial charge in [0.25, 0.3) is 5.91 Å². The van der Waals surface area contributed by atoms with Crippen LogP contribution in [0.4, 0.5) is 5.69 Å². The molecule has 0 radical (unpaired) electrons. The van der Waals surface area contributed by atoms with Crippen LogP contribution in [0.25, 0.3) is 0 Å². The predicted molar refractivity (Wildman–Crippen MR) is 109 cm³/mol. The number of nitrogens with zero attached hydrogens (tertiary/aromatic N) is 4. The first kappa shape index (κ1) is 19.6. The van der Waals surface area contributed by atoms with Crippen LogP contribution in [0.5, 0.6) is 0 Å². The van der Waals surface area contributed by atoms with Gasteiger partial charge in [-0.2, -0.15) is 5.10 Å². The van der Waals surface area contributed by atoms with E-state index in [1.165, 1.54) is 0 Å². The third-order valence-electron chi connectivity index (χ3n) is 5.90. The van der Waals surface area contributed by atoms with Crippen molar-refractivity contribution in [3.63, 3.8) is 0 Å². The molecule has 4 rings (SSSR count). The molecule has 1 spiro atoms. The van der Waals surface area contributed by atoms with Gasteiger partial charge in [-0.1, -0.05) is 18.2 Å². The van der Waals surface area contributed by atoms with Crippen LogP contribution in [0.1, 0.15) is 32.1 Å². The number of likely N-dealkylation sites (tertiary alicyclic amines) is 1. The zero-order valence-corrected chi connectivity index (χ0v) is 16.7. The van der Waals surface area contributed by atoms with E-state index in [1.54, 1.807) is 6.20 Å². The Labute approximate surface area is 171 Å². The molecule has 1 aromatic heterocycles. The number of para-hydroxylation sites is 1. The van der Waals surface area contributed by atoms with Gasteiger partial charge in [-0.15, -0.1) is 0 Å². The summed E-state index contributed by atoms with van der Waals surface area (Å²) in [7, 11) is 0. The Morgan fingerprint density at radius 2 is 2.00 bits per heavy atom. The molecule has 3 heterocycles. The smallest absolute Gasteiger partial charge is 0.253 e. The van der Waals surface area contributed by atoms with Gasteiger partial charge in [0.1, 0.15) is 6.61 Å². The fraction of sp³-hybridized carbons (Fsp3) is 0.500. The number of aryl methyl sites for hydroxylation is 1. The first-order valence-electron chi connectivity index (χ1n) is 10.4. The molecule has 0 aliphatic carbocycles. The first-order chi connectivity index (χ1) is 14.2. The summed E-state index contributed by atoms with van der Waals surface area (Å²) >= 11 is 0. The summed E-state index contributed by atoms with van der Waals surface area (Å²) in [5.41, 5.74) is 0.546. The van der Waals surface area contributed by atoms with Crippen molar-refractivity contribution in [2.75, 3.05) is 31.1 Å². The normalized spacial score (nSPS) is 22.7. The highest BCUT2D eigenvalue weighted by Crippen LogP contribution is 2.33. The molecule has 0 saturated carbocycles. The number of hydrogen-bond donors (Lipinski definition) is 0. The van der Waals surface area contributed by atoms with Gasteiger partial charge >= 0.3 is 0 Å². The molecule has 2 aliphatic heterocycles. The summed E-state index contributed by atoms with van der Waals surface area (Å²) in [5, 5.41) is 4.18. The van der Waals surface area contributed by atoms with Crippen molar-refractivity contribution in [1.82, 2.24) is 14.7 Å². The Bertz CT molecular complexity index is 824. The van der Waals surface area contributed by atoms with Gasteiger partial charge in [0, 0.05) is 44.1 Å². The number of rotatable bonds is 5. The lowest BCUT2D eigenvalue weighted by atomic mass is 9.92. The van der Waals surface area contributed by atoms with Crippen molar-refractivity contribution in [3.8, 4) is 0 Å². The lowest BCUT2D eigenvalue weighted by Gasteiger charge is -2.42. The third kappa shape index (κ3) is 4.67. The molecule has 2 amide bonds. The van der Waals surface area contributed by atoms with Gasteiger partial charge < -0.3 is 14.5 Å². The Balaban J connectivity index is 1.34. The van der Waals surface area contributed by atoms with Gasteiger partial charge in [0.2, 0.25) is 5.91 Å². The standard InChI is InChI=1S/C22H28N4O3/c27-20(9-4-14-25-15-6-12-23-25)24-13-5-10-22(11-16-24)18-26(21(28)17-29-22)19-7-2-1-3-8-19/h1-3,6-8,12,15H,4-5,9-11,13-14,16-18H2. The van der Waals surface area contributed by atoms with E-state index in [0.717, 1.165) is 44.5 Å². The molecule has 7 heteroatoms. The Morgan fingerprint density at radius 1 is 1.14 bits per heavy atom. The number of morpholine rings is 1. The van der Waals surface area contributed by atoms with E-state index in [0.29, 0.717) is 19.5 Å². The van der Waals surface area contributed by atoms with Gasteiger partial charge in [0.15, 0.2) is 0 Å². The van der Waals surface area contributed by atoms with Gasteiger partial charge in [-0.3, -0.25) is 14.3 Å². The number of hydrogen-bond acceptors (Lipinski definition) is 4. The van der Waals surface area contributed by atoms with Crippen LogP contribution in [0.2, 0.25) is 0 Å². The number of benzene rings is 1. The highest BCUT2D eigenvalue weighted by atomic mass is 16.5. The molecule has 29 heavy (non-hydrogen) atoms. The molecule has 1 unspecified atom stereocenters. The maximum absolute atomic E-state index is 12.7. The number of aromatic nitrogens is 2. The average molecular weight is 396 g/mol. The monoisotopic (exact) mass is 396 g/mol. The lowest BCUT2D eigenvalue weighted by Crippen LogP contribution is -2.55. The zero-order valence-electron chi connectivity index (χ0n) is 16.7. The molecule has 154 valence electrons. The molecule has 2 aliphatic rings. The largest absolute Gasteiger partial charge is 0.363 e. The van der Waals surface area contributed by atoms with E-state index in [4.69, 9.17) is 4.74 Å². The molecule has 1 atom stereocenters. The van der Waals surface area contributed by atoms with Crippen molar-refractivity contribution < 1.29 is 14.3 Å². The summed E-state index contributed by atoms with van der Waals surface area (Å²) in [5.74, 6) is 0.193. The fourth-order valence-corrected chi connectivity index (χ4v) is 4.26. The maximum atomic E-state index is 12.7. The second-order valence-corrected chi connectivity index (χ2v) is 7.89. The van der Waals surface area contributed by atoms with Gasteiger partial charge in [-0.25, -0.2) is 0 Å². The molecule has 1 aromatic carbocycles. The summed E-state index contributed by atoms with van der Waals surface area (Å²) < 4.78 is 7.92. The molecule has 2 aromatic rings. The Morgan fingerprint density at radius 3 is 2.79 bits per heavy atom. The van der Waals surface area contributed by atoms with Crippen molar-refractivity contribution in [3.05, 3.63) is 48.8 Å². The second kappa shape index (κ2) is 8.78. The van der Waals surface area contributed by atoms with E-state index in [-0.39, 0.29) is 24.0 Å². The van der Waals surface area contributed by atoms with E-state index in [2.05, 4.69) is 5.10 Å². The van der Waals surface area contributed by atoms with Gasteiger partial charge in [-0.05, 0) is 43.9 Å². The van der Waals surface area contributed by atoms with Crippen LogP contribution in [0.15, 0.2) is 48.8 Å². The molecule has 2 fully saturated rings. The summed E-state index contributed by atoms with van der Waals surface area (Å²) in [4.78, 5) is 28.9. The summed E-state index contributed by atoms with van der Waals surface area (Å²) in [6, 6.07) is 11.7. The third-order valence-corrected chi connectivity index (χ3v) is 5.90. The lowest BCUT2D eigenvalue weighted by molar-refractivity contribution is -0.141. The predicted octanol–water partition coefficient (Wildman–Crippen LogP) is 2.48. The van der Waals surface area contributed by atoms with Crippen LogP contribution in [-0.4, -0.2) is 58.3 Å². The van der Waals surface area contributed by atoms with Crippen LogP contribution < -0.4 is 4.90 Å². The number of anilines is 1. The Hall–Kier alpha value is -2.67. The highest BCUT2D eigenvalue weighted by molar-refractivity contribution is 5.95. The van der Waals surface area contributed by atoms with E-state index < -0.39 is 0 Å². The molecule has 2 saturated heterocycles. The number of amides is 2. The summed E-state index contributed by atoms with van der Waals surface area (Å²) in [6.07, 6.45) is 7.50. The van der Waals surface area contributed by atoms with Crippen LogP contribution >= 0.6 is 0 Å². The van der Waals surface area contributed by atoms with Crippen LogP contribution in [0, 0.1) is 0 Å². The molecule has 0 bridgehead atoms. The van der Waals surface area contributed by atoms with Crippen LogP contribution in [-0.2, 0) is 20.9 Å². The number of carbonyl (C=O) groups is 2. The first-order valence-corrected chi connectivity index (χ1v) is 10.4. The highest BCUT2D eigenvalue weighted by Gasteiger charge is 2.41. The number of ether oxygens (including phenoxy) is 1. The van der Waals surface area contributed by atoms with Crippen molar-refractivity contribution in [2.45, 2.75) is 44.2 Å². The fourth-order valence-electron chi connectivity index (χ4n) is 4.26. The van der Waals surface area contributed by atoms with Crippen molar-refractivity contribution >= 4 is 17.5 Å². The zero-order chi connectivity index (χ0) is 20.1.